The van der Waals surface area contributed by atoms with Crippen molar-refractivity contribution in [2.45, 2.75) is 25.5 Å². The van der Waals surface area contributed by atoms with Crippen LogP contribution in [0.5, 0.6) is 5.75 Å². The fourth-order valence-electron chi connectivity index (χ4n) is 2.16. The van der Waals surface area contributed by atoms with Crippen LogP contribution >= 0.6 is 11.3 Å². The van der Waals surface area contributed by atoms with Gasteiger partial charge in [0.2, 0.25) is 0 Å². The van der Waals surface area contributed by atoms with E-state index in [1.165, 1.54) is 4.88 Å². The molecule has 3 nitrogen and oxygen atoms in total. The van der Waals surface area contributed by atoms with Crippen LogP contribution in [0.3, 0.4) is 0 Å². The highest BCUT2D eigenvalue weighted by atomic mass is 32.1. The highest BCUT2D eigenvalue weighted by molar-refractivity contribution is 7.10. The topological polar surface area (TPSA) is 41.5 Å². The Labute approximate surface area is 136 Å². The number of rotatable bonds is 9. The first-order valence-corrected chi connectivity index (χ1v) is 8.35. The van der Waals surface area contributed by atoms with Gasteiger partial charge in [0, 0.05) is 17.5 Å². The largest absolute Gasteiger partial charge is 0.491 e. The van der Waals surface area contributed by atoms with Crippen molar-refractivity contribution in [2.75, 3.05) is 13.2 Å². The van der Waals surface area contributed by atoms with E-state index in [1.54, 1.807) is 11.3 Å². The van der Waals surface area contributed by atoms with Crippen LogP contribution in [-0.2, 0) is 6.42 Å². The fourth-order valence-corrected chi connectivity index (χ4v) is 2.92. The van der Waals surface area contributed by atoms with Crippen molar-refractivity contribution in [1.29, 1.82) is 0 Å². The minimum absolute atomic E-state index is 0.239. The van der Waals surface area contributed by atoms with E-state index in [0.29, 0.717) is 6.54 Å². The smallest absolute Gasteiger partial charge is 0.122 e. The summed E-state index contributed by atoms with van der Waals surface area (Å²) >= 11 is 1.72. The number of benzene rings is 1. The van der Waals surface area contributed by atoms with Gasteiger partial charge in [-0.2, -0.15) is 0 Å². The molecule has 118 valence electrons. The summed E-state index contributed by atoms with van der Waals surface area (Å²) in [6.07, 6.45) is 2.07. The molecule has 0 saturated carbocycles. The Morgan fingerprint density at radius 1 is 1.32 bits per heavy atom. The third-order valence-corrected chi connectivity index (χ3v) is 4.45. The highest BCUT2D eigenvalue weighted by Crippen LogP contribution is 2.19. The van der Waals surface area contributed by atoms with Gasteiger partial charge in [-0.05, 0) is 36.4 Å². The first kappa shape index (κ1) is 16.7. The first-order valence-electron chi connectivity index (χ1n) is 7.47. The van der Waals surface area contributed by atoms with E-state index >= 15 is 0 Å². The van der Waals surface area contributed by atoms with Gasteiger partial charge in [-0.1, -0.05) is 30.3 Å². The number of aliphatic hydroxyl groups is 1. The van der Waals surface area contributed by atoms with Crippen molar-refractivity contribution in [1.82, 2.24) is 5.32 Å². The summed E-state index contributed by atoms with van der Waals surface area (Å²) in [6, 6.07) is 12.2. The Hall–Kier alpha value is -1.62. The van der Waals surface area contributed by atoms with Crippen molar-refractivity contribution < 1.29 is 9.84 Å². The average Bonchev–Trinajstić information content (AvgIpc) is 3.06. The number of thiophene rings is 1. The summed E-state index contributed by atoms with van der Waals surface area (Å²) in [5.41, 5.74) is 1.09. The second-order valence-corrected chi connectivity index (χ2v) is 6.19. The summed E-state index contributed by atoms with van der Waals surface area (Å²) < 4.78 is 5.74. The number of allylic oxidation sites excluding steroid dienone is 1. The average molecular weight is 317 g/mol. The summed E-state index contributed by atoms with van der Waals surface area (Å²) in [6.45, 7) is 6.63. The lowest BCUT2D eigenvalue weighted by Crippen LogP contribution is -2.32. The molecule has 0 fully saturated rings. The number of hydrogen-bond donors (Lipinski definition) is 2. The molecule has 0 saturated heterocycles. The van der Waals surface area contributed by atoms with Gasteiger partial charge in [-0.25, -0.2) is 0 Å². The second kappa shape index (κ2) is 8.73. The lowest BCUT2D eigenvalue weighted by molar-refractivity contribution is 0.104. The van der Waals surface area contributed by atoms with E-state index in [0.717, 1.165) is 17.7 Å². The Balaban J connectivity index is 1.78. The van der Waals surface area contributed by atoms with Crippen molar-refractivity contribution in [3.05, 3.63) is 64.9 Å². The third-order valence-electron chi connectivity index (χ3n) is 3.40. The van der Waals surface area contributed by atoms with Gasteiger partial charge in [0.25, 0.3) is 0 Å². The molecule has 4 heteroatoms. The molecule has 22 heavy (non-hydrogen) atoms. The number of nitrogens with one attached hydrogen (secondary N) is 1. The fraction of sp³-hybridized carbons (Fsp3) is 0.333. The molecule has 0 amide bonds. The molecule has 1 aromatic carbocycles. The SMILES string of the molecule is C=CCc1ccccc1OCC(O)CNC(C)c1cccs1. The molecule has 0 bridgehead atoms. The predicted octanol–water partition coefficient (Wildman–Crippen LogP) is 3.57. The molecule has 2 rings (SSSR count). The molecule has 2 unspecified atom stereocenters. The monoisotopic (exact) mass is 317 g/mol. The second-order valence-electron chi connectivity index (χ2n) is 5.21. The van der Waals surface area contributed by atoms with E-state index in [2.05, 4.69) is 30.3 Å². The lowest BCUT2D eigenvalue weighted by atomic mass is 10.1. The minimum Gasteiger partial charge on any atom is -0.491 e. The molecule has 2 atom stereocenters. The molecule has 0 radical (unpaired) electrons. The normalized spacial score (nSPS) is 13.5. The van der Waals surface area contributed by atoms with Gasteiger partial charge in [0.05, 0.1) is 0 Å². The summed E-state index contributed by atoms with van der Waals surface area (Å²) in [5.74, 6) is 0.813. The van der Waals surface area contributed by atoms with Crippen molar-refractivity contribution >= 4 is 11.3 Å². The molecule has 1 aromatic heterocycles. The Morgan fingerprint density at radius 3 is 2.86 bits per heavy atom. The highest BCUT2D eigenvalue weighted by Gasteiger charge is 2.11. The van der Waals surface area contributed by atoms with Gasteiger partial charge < -0.3 is 15.2 Å². The van der Waals surface area contributed by atoms with Gasteiger partial charge in [0.1, 0.15) is 18.5 Å². The maximum absolute atomic E-state index is 10.1. The number of hydrogen-bond acceptors (Lipinski definition) is 4. The third kappa shape index (κ3) is 4.98. The zero-order valence-electron chi connectivity index (χ0n) is 12.9. The molecular formula is C18H23NO2S. The molecule has 0 aliphatic heterocycles. The molecule has 2 N–H and O–H groups in total. The molecule has 0 aliphatic rings. The van der Waals surface area contributed by atoms with Crippen LogP contribution in [-0.4, -0.2) is 24.4 Å². The molecule has 2 aromatic rings. The number of aliphatic hydroxyl groups excluding tert-OH is 1. The van der Waals surface area contributed by atoms with Crippen LogP contribution in [0.4, 0.5) is 0 Å². The van der Waals surface area contributed by atoms with Crippen molar-refractivity contribution in [3.8, 4) is 5.75 Å². The van der Waals surface area contributed by atoms with E-state index < -0.39 is 6.10 Å². The van der Waals surface area contributed by atoms with Crippen LogP contribution in [0.15, 0.2) is 54.4 Å². The van der Waals surface area contributed by atoms with E-state index in [4.69, 9.17) is 4.74 Å². The maximum Gasteiger partial charge on any atom is 0.122 e. The van der Waals surface area contributed by atoms with Crippen molar-refractivity contribution in [3.63, 3.8) is 0 Å². The first-order chi connectivity index (χ1) is 10.7. The van der Waals surface area contributed by atoms with Crippen LogP contribution < -0.4 is 10.1 Å². The summed E-state index contributed by atoms with van der Waals surface area (Å²) in [4.78, 5) is 1.27. The van der Waals surface area contributed by atoms with Gasteiger partial charge in [-0.15, -0.1) is 17.9 Å². The zero-order valence-corrected chi connectivity index (χ0v) is 13.7. The van der Waals surface area contributed by atoms with Gasteiger partial charge >= 0.3 is 0 Å². The van der Waals surface area contributed by atoms with Crippen molar-refractivity contribution in [2.24, 2.45) is 0 Å². The lowest BCUT2D eigenvalue weighted by Gasteiger charge is -2.17. The maximum atomic E-state index is 10.1. The molecule has 1 heterocycles. The standard InChI is InChI=1S/C18H23NO2S/c1-3-7-15-8-4-5-9-17(15)21-13-16(20)12-19-14(2)18-10-6-11-22-18/h3-6,8-11,14,16,19-20H,1,7,12-13H2,2H3. The van der Waals surface area contributed by atoms with E-state index in [-0.39, 0.29) is 12.6 Å². The molecule has 0 aliphatic carbocycles. The molecular weight excluding hydrogens is 294 g/mol. The summed E-state index contributed by atoms with van der Waals surface area (Å²) in [5, 5.41) is 15.5. The van der Waals surface area contributed by atoms with Crippen LogP contribution in [0.1, 0.15) is 23.4 Å². The quantitative estimate of drug-likeness (QED) is 0.695. The molecule has 0 spiro atoms. The zero-order chi connectivity index (χ0) is 15.8. The van der Waals surface area contributed by atoms with Gasteiger partial charge in [0.15, 0.2) is 0 Å². The number of ether oxygens (including phenoxy) is 1. The number of para-hydroxylation sites is 1. The minimum atomic E-state index is -0.542. The van der Waals surface area contributed by atoms with Crippen LogP contribution in [0.25, 0.3) is 0 Å². The van der Waals surface area contributed by atoms with Gasteiger partial charge in [-0.3, -0.25) is 0 Å². The Bertz CT molecular complexity index is 568. The van der Waals surface area contributed by atoms with E-state index in [1.807, 2.05) is 36.4 Å². The van der Waals surface area contributed by atoms with Crippen LogP contribution in [0, 0.1) is 0 Å². The van der Waals surface area contributed by atoms with E-state index in [9.17, 15) is 5.11 Å². The predicted molar refractivity (Wildman–Crippen MR) is 92.6 cm³/mol. The Morgan fingerprint density at radius 2 is 2.14 bits per heavy atom. The van der Waals surface area contributed by atoms with Crippen LogP contribution in [0.2, 0.25) is 0 Å². The summed E-state index contributed by atoms with van der Waals surface area (Å²) in [7, 11) is 0. The Kier molecular flexibility index (Phi) is 6.65.